The van der Waals surface area contributed by atoms with Crippen molar-refractivity contribution < 1.29 is 13.3 Å². The zero-order valence-corrected chi connectivity index (χ0v) is 12.2. The van der Waals surface area contributed by atoms with Crippen LogP contribution in [-0.4, -0.2) is 23.6 Å². The average Bonchev–Trinajstić information content (AvgIpc) is 1.79. The predicted octanol–water partition coefficient (Wildman–Crippen LogP) is 2.55. The van der Waals surface area contributed by atoms with E-state index in [-0.39, 0.29) is 5.97 Å². The Hall–Kier alpha value is -0.136. The van der Waals surface area contributed by atoms with Crippen LogP contribution < -0.4 is 0 Å². The van der Waals surface area contributed by atoms with E-state index in [1.54, 1.807) is 0 Å². The third kappa shape index (κ3) is 6.34. The third-order valence-corrected chi connectivity index (χ3v) is 5.37. The van der Waals surface area contributed by atoms with E-state index in [2.05, 4.69) is 19.6 Å². The summed E-state index contributed by atoms with van der Waals surface area (Å²) in [5.74, 6) is -0.174. The molecule has 0 aromatic carbocycles. The highest BCUT2D eigenvalue weighted by molar-refractivity contribution is 6.76. The Morgan fingerprint density at radius 1 is 1.21 bits per heavy atom. The van der Waals surface area contributed by atoms with Gasteiger partial charge in [0.15, 0.2) is 8.32 Å². The highest BCUT2D eigenvalue weighted by Crippen LogP contribution is 2.16. The second-order valence-corrected chi connectivity index (χ2v) is 11.6. The normalized spacial score (nSPS) is 13.1. The maximum atomic E-state index is 11.5. The van der Waals surface area contributed by atoms with Gasteiger partial charge in [-0.25, -0.2) is 0 Å². The lowest BCUT2D eigenvalue weighted by Crippen LogP contribution is -2.38. The molecule has 0 heterocycles. The zero-order valence-electron chi connectivity index (χ0n) is 10.2. The van der Waals surface area contributed by atoms with Gasteiger partial charge in [-0.1, -0.05) is 0 Å². The molecular weight excluding hydrogens is 212 g/mol. The maximum absolute atomic E-state index is 11.5. The van der Waals surface area contributed by atoms with Gasteiger partial charge in [0.05, 0.1) is 5.41 Å². The van der Waals surface area contributed by atoms with Crippen molar-refractivity contribution in [2.75, 3.05) is 0 Å². The molecule has 14 heavy (non-hydrogen) atoms. The van der Waals surface area contributed by atoms with Crippen LogP contribution in [0, 0.1) is 5.41 Å². The smallest absolute Gasteiger partial charge is 0.445 e. The lowest BCUT2D eigenvalue weighted by molar-refractivity contribution is -0.144. The first-order valence-electron chi connectivity index (χ1n) is 4.77. The summed E-state index contributed by atoms with van der Waals surface area (Å²) in [4.78, 5) is 11.5. The van der Waals surface area contributed by atoms with Gasteiger partial charge in [0.25, 0.3) is 5.97 Å². The molecule has 5 heteroatoms. The predicted molar refractivity (Wildman–Crippen MR) is 61.6 cm³/mol. The molecule has 0 amide bonds. The Kier molecular flexibility index (Phi) is 4.54. The number of carbonyl (C=O) groups is 1. The summed E-state index contributed by atoms with van der Waals surface area (Å²) in [5, 5.41) is 0. The topological polar surface area (TPSA) is 35.5 Å². The van der Waals surface area contributed by atoms with Crippen molar-refractivity contribution in [3.05, 3.63) is 0 Å². The Morgan fingerprint density at radius 2 is 1.64 bits per heavy atom. The zero-order chi connectivity index (χ0) is 11.6. The Labute approximate surface area is 89.8 Å². The van der Waals surface area contributed by atoms with Crippen LogP contribution in [0.4, 0.5) is 0 Å². The summed E-state index contributed by atoms with van der Waals surface area (Å²) in [7, 11) is -2.99. The van der Waals surface area contributed by atoms with Crippen molar-refractivity contribution >= 4 is 23.6 Å². The number of hydrogen-bond donors (Lipinski definition) is 0. The standard InChI is InChI=1S/C9H21O3Si2/c1-9(2,3)8(10)11-13(4)12-14(5,6)7/h1-7H3. The number of carbonyl (C=O) groups excluding carboxylic acids is 1. The summed E-state index contributed by atoms with van der Waals surface area (Å²) in [5.41, 5.74) is -0.436. The molecule has 1 radical (unpaired) electrons. The van der Waals surface area contributed by atoms with Gasteiger partial charge in [-0.2, -0.15) is 0 Å². The molecule has 0 atom stereocenters. The lowest BCUT2D eigenvalue weighted by Gasteiger charge is -2.24. The van der Waals surface area contributed by atoms with E-state index in [1.807, 2.05) is 27.3 Å². The van der Waals surface area contributed by atoms with E-state index in [9.17, 15) is 4.79 Å². The van der Waals surface area contributed by atoms with Crippen LogP contribution in [0.15, 0.2) is 0 Å². The van der Waals surface area contributed by atoms with Crippen LogP contribution in [0.3, 0.4) is 0 Å². The fourth-order valence-corrected chi connectivity index (χ4v) is 4.92. The minimum atomic E-state index is -1.58. The van der Waals surface area contributed by atoms with Gasteiger partial charge in [0.2, 0.25) is 0 Å². The van der Waals surface area contributed by atoms with Crippen molar-refractivity contribution in [2.45, 2.75) is 47.0 Å². The van der Waals surface area contributed by atoms with Crippen LogP contribution >= 0.6 is 0 Å². The monoisotopic (exact) mass is 233 g/mol. The van der Waals surface area contributed by atoms with Gasteiger partial charge in [-0.15, -0.1) is 0 Å². The highest BCUT2D eigenvalue weighted by Gasteiger charge is 2.29. The molecule has 0 saturated carbocycles. The summed E-state index contributed by atoms with van der Waals surface area (Å²) >= 11 is 0. The molecule has 0 spiro atoms. The highest BCUT2D eigenvalue weighted by atomic mass is 28.4. The molecule has 0 fully saturated rings. The first kappa shape index (κ1) is 13.9. The van der Waals surface area contributed by atoms with E-state index in [0.717, 1.165) is 0 Å². The molecule has 3 nitrogen and oxygen atoms in total. The van der Waals surface area contributed by atoms with Crippen molar-refractivity contribution in [3.8, 4) is 0 Å². The van der Waals surface area contributed by atoms with E-state index in [1.165, 1.54) is 0 Å². The van der Waals surface area contributed by atoms with Gasteiger partial charge in [0.1, 0.15) is 0 Å². The Bertz CT molecular complexity index is 203. The minimum absolute atomic E-state index is 0.174. The molecule has 0 saturated heterocycles. The summed E-state index contributed by atoms with van der Waals surface area (Å²) in [6.07, 6.45) is 0. The van der Waals surface area contributed by atoms with Gasteiger partial charge >= 0.3 is 9.28 Å². The average molecular weight is 233 g/mol. The van der Waals surface area contributed by atoms with Crippen LogP contribution in [0.1, 0.15) is 20.8 Å². The van der Waals surface area contributed by atoms with Gasteiger partial charge in [-0.05, 0) is 47.0 Å². The molecule has 0 bridgehead atoms. The van der Waals surface area contributed by atoms with Crippen molar-refractivity contribution in [2.24, 2.45) is 5.41 Å². The molecule has 0 rings (SSSR count). The van der Waals surface area contributed by atoms with Crippen molar-refractivity contribution in [3.63, 3.8) is 0 Å². The number of rotatable bonds is 3. The molecule has 0 N–H and O–H groups in total. The summed E-state index contributed by atoms with van der Waals surface area (Å²) in [6, 6.07) is 0. The van der Waals surface area contributed by atoms with E-state index >= 15 is 0 Å². The lowest BCUT2D eigenvalue weighted by atomic mass is 9.98. The second-order valence-electron chi connectivity index (χ2n) is 5.35. The summed E-state index contributed by atoms with van der Waals surface area (Å²) < 4.78 is 11.0. The van der Waals surface area contributed by atoms with Gasteiger partial charge < -0.3 is 8.54 Å². The van der Waals surface area contributed by atoms with Crippen molar-refractivity contribution in [1.29, 1.82) is 0 Å². The van der Waals surface area contributed by atoms with Crippen LogP contribution in [0.25, 0.3) is 0 Å². The molecule has 0 aromatic heterocycles. The first-order valence-corrected chi connectivity index (χ1v) is 10.00. The molecular formula is C9H21O3Si2. The van der Waals surface area contributed by atoms with Crippen LogP contribution in [0.2, 0.25) is 26.2 Å². The van der Waals surface area contributed by atoms with E-state index < -0.39 is 23.0 Å². The Morgan fingerprint density at radius 3 is 1.93 bits per heavy atom. The first-order chi connectivity index (χ1) is 6.02. The largest absolute Gasteiger partial charge is 0.492 e. The van der Waals surface area contributed by atoms with E-state index in [4.69, 9.17) is 8.54 Å². The van der Waals surface area contributed by atoms with Crippen LogP contribution in [-0.2, 0) is 13.3 Å². The van der Waals surface area contributed by atoms with Gasteiger partial charge in [-0.3, -0.25) is 4.79 Å². The minimum Gasteiger partial charge on any atom is -0.492 e. The SMILES string of the molecule is C[Si](OC(=O)C(C)(C)C)O[Si](C)(C)C. The molecule has 0 aliphatic carbocycles. The van der Waals surface area contributed by atoms with Crippen molar-refractivity contribution in [1.82, 2.24) is 0 Å². The Balaban J connectivity index is 4.09. The molecule has 83 valence electrons. The van der Waals surface area contributed by atoms with E-state index in [0.29, 0.717) is 0 Å². The molecule has 0 aliphatic heterocycles. The van der Waals surface area contributed by atoms with Crippen LogP contribution in [0.5, 0.6) is 0 Å². The molecule has 0 aromatic rings. The second kappa shape index (κ2) is 4.59. The fraction of sp³-hybridized carbons (Fsp3) is 0.889. The van der Waals surface area contributed by atoms with Gasteiger partial charge in [0, 0.05) is 0 Å². The molecule has 0 aliphatic rings. The number of hydrogen-bond acceptors (Lipinski definition) is 3. The molecule has 0 unspecified atom stereocenters. The summed E-state index contributed by atoms with van der Waals surface area (Å²) in [6.45, 7) is 13.7. The fourth-order valence-electron chi connectivity index (χ4n) is 0.736. The maximum Gasteiger partial charge on any atom is 0.445 e. The quantitative estimate of drug-likeness (QED) is 0.703. The third-order valence-electron chi connectivity index (χ3n) is 1.30.